The molecule has 2 amide bonds. The maximum Gasteiger partial charge on any atom is 0.322 e. The molecule has 0 aliphatic carbocycles. The molecular weight excluding hydrogens is 486 g/mol. The van der Waals surface area contributed by atoms with Crippen molar-refractivity contribution < 1.29 is 23.9 Å². The van der Waals surface area contributed by atoms with E-state index in [4.69, 9.17) is 9.47 Å². The molecule has 0 radical (unpaired) electrons. The van der Waals surface area contributed by atoms with E-state index in [0.29, 0.717) is 36.8 Å². The van der Waals surface area contributed by atoms with Crippen molar-refractivity contribution in [2.24, 2.45) is 0 Å². The van der Waals surface area contributed by atoms with Gasteiger partial charge in [-0.25, -0.2) is 14.8 Å². The van der Waals surface area contributed by atoms with Gasteiger partial charge in [0.05, 0.1) is 13.5 Å². The number of esters is 1. The lowest BCUT2D eigenvalue weighted by molar-refractivity contribution is -0.131. The lowest BCUT2D eigenvalue weighted by Crippen LogP contribution is -2.49. The number of amides is 2. The fraction of sp³-hybridized carbons (Fsp3) is 0.321. The molecule has 2 aromatic carbocycles. The van der Waals surface area contributed by atoms with E-state index in [1.165, 1.54) is 6.33 Å². The zero-order valence-corrected chi connectivity index (χ0v) is 21.0. The summed E-state index contributed by atoms with van der Waals surface area (Å²) in [4.78, 5) is 50.3. The van der Waals surface area contributed by atoms with E-state index in [1.54, 1.807) is 31.4 Å². The molecule has 10 nitrogen and oxygen atoms in total. The molecular formula is C28H27N5O5. The largest absolute Gasteiger partial charge is 0.497 e. The van der Waals surface area contributed by atoms with Crippen molar-refractivity contribution in [3.05, 3.63) is 71.2 Å². The molecule has 3 aliphatic heterocycles. The SMILES string of the molecule is COc1ccc2c(c1)CCN(C1CCN(c3cc(C(=O)c4ccc5c(c4)OC(=O)C5)ncn3)CC1)C(=O)N2. The summed E-state index contributed by atoms with van der Waals surface area (Å²) in [7, 11) is 1.64. The first-order chi connectivity index (χ1) is 18.5. The first-order valence-electron chi connectivity index (χ1n) is 12.7. The van der Waals surface area contributed by atoms with Crippen molar-refractivity contribution in [1.82, 2.24) is 14.9 Å². The Morgan fingerprint density at radius 1 is 1.03 bits per heavy atom. The minimum absolute atomic E-state index is 0.0812. The number of ketones is 1. The number of ether oxygens (including phenoxy) is 2. The van der Waals surface area contributed by atoms with Crippen molar-refractivity contribution in [3.8, 4) is 11.5 Å². The van der Waals surface area contributed by atoms with Crippen LogP contribution < -0.4 is 19.7 Å². The fourth-order valence-corrected chi connectivity index (χ4v) is 5.35. The van der Waals surface area contributed by atoms with Gasteiger partial charge in [-0.2, -0.15) is 0 Å². The molecule has 0 unspecified atom stereocenters. The Hall–Kier alpha value is -4.47. The molecule has 0 bridgehead atoms. The Balaban J connectivity index is 1.11. The number of aromatic nitrogens is 2. The highest BCUT2D eigenvalue weighted by Crippen LogP contribution is 2.30. The lowest BCUT2D eigenvalue weighted by atomic mass is 10.0. The van der Waals surface area contributed by atoms with E-state index < -0.39 is 0 Å². The second kappa shape index (κ2) is 9.77. The van der Waals surface area contributed by atoms with Crippen LogP contribution in [0.15, 0.2) is 48.8 Å². The van der Waals surface area contributed by atoms with Crippen LogP contribution in [0.3, 0.4) is 0 Å². The summed E-state index contributed by atoms with van der Waals surface area (Å²) in [6, 6.07) is 12.5. The van der Waals surface area contributed by atoms with E-state index in [-0.39, 0.29) is 35.9 Å². The lowest BCUT2D eigenvalue weighted by Gasteiger charge is -2.38. The Morgan fingerprint density at radius 2 is 1.87 bits per heavy atom. The minimum Gasteiger partial charge on any atom is -0.497 e. The topological polar surface area (TPSA) is 114 Å². The molecule has 0 saturated carbocycles. The van der Waals surface area contributed by atoms with E-state index in [1.807, 2.05) is 23.1 Å². The summed E-state index contributed by atoms with van der Waals surface area (Å²) in [6.45, 7) is 2.04. The first kappa shape index (κ1) is 23.9. The number of fused-ring (bicyclic) bond motifs is 2. The highest BCUT2D eigenvalue weighted by atomic mass is 16.5. The molecule has 194 valence electrons. The Labute approximate surface area is 219 Å². The summed E-state index contributed by atoms with van der Waals surface area (Å²) in [5.41, 5.74) is 3.36. The number of hydrogen-bond donors (Lipinski definition) is 1. The smallest absolute Gasteiger partial charge is 0.322 e. The Kier molecular flexibility index (Phi) is 6.15. The van der Waals surface area contributed by atoms with Gasteiger partial charge < -0.3 is 24.6 Å². The van der Waals surface area contributed by atoms with Crippen molar-refractivity contribution in [3.63, 3.8) is 0 Å². The number of anilines is 2. The maximum absolute atomic E-state index is 13.1. The third-order valence-electron chi connectivity index (χ3n) is 7.44. The molecule has 4 heterocycles. The quantitative estimate of drug-likeness (QED) is 0.314. The maximum atomic E-state index is 13.1. The number of urea groups is 1. The molecule has 3 aliphatic rings. The van der Waals surface area contributed by atoms with Crippen LogP contribution in [0.5, 0.6) is 11.5 Å². The van der Waals surface area contributed by atoms with Gasteiger partial charge in [0.25, 0.3) is 0 Å². The van der Waals surface area contributed by atoms with E-state index in [9.17, 15) is 14.4 Å². The van der Waals surface area contributed by atoms with Crippen LogP contribution in [0.1, 0.15) is 40.0 Å². The van der Waals surface area contributed by atoms with Crippen molar-refractivity contribution in [2.75, 3.05) is 37.0 Å². The third kappa shape index (κ3) is 4.53. The average Bonchev–Trinajstić information content (AvgIpc) is 3.24. The highest BCUT2D eigenvalue weighted by Gasteiger charge is 2.31. The van der Waals surface area contributed by atoms with Gasteiger partial charge in [-0.3, -0.25) is 9.59 Å². The van der Waals surface area contributed by atoms with Gasteiger partial charge in [0.15, 0.2) is 0 Å². The predicted molar refractivity (Wildman–Crippen MR) is 139 cm³/mol. The standard InChI is InChI=1S/C28H27N5O5/c1-37-21-4-5-22-17(12-21)6-11-33(28(36)31-22)20-7-9-32(10-8-20)25-15-23(29-16-30-25)27(35)19-3-2-18-14-26(34)38-24(18)13-19/h2-5,12-13,15-16,20H,6-11,14H2,1H3,(H,31,36). The zero-order chi connectivity index (χ0) is 26.2. The van der Waals surface area contributed by atoms with Gasteiger partial charge in [0.1, 0.15) is 29.3 Å². The van der Waals surface area contributed by atoms with Crippen LogP contribution in [0.2, 0.25) is 0 Å². The van der Waals surface area contributed by atoms with E-state index in [0.717, 1.165) is 41.8 Å². The normalized spacial score (nSPS) is 17.3. The number of nitrogens with zero attached hydrogens (tertiary/aromatic N) is 4. The first-order valence-corrected chi connectivity index (χ1v) is 12.7. The summed E-state index contributed by atoms with van der Waals surface area (Å²) < 4.78 is 10.5. The van der Waals surface area contributed by atoms with Crippen molar-refractivity contribution in [1.29, 1.82) is 0 Å². The van der Waals surface area contributed by atoms with Crippen LogP contribution >= 0.6 is 0 Å². The number of rotatable bonds is 5. The number of carbonyl (C=O) groups is 3. The molecule has 10 heteroatoms. The predicted octanol–water partition coefficient (Wildman–Crippen LogP) is 3.24. The number of piperidine rings is 1. The summed E-state index contributed by atoms with van der Waals surface area (Å²) in [5.74, 6) is 1.31. The van der Waals surface area contributed by atoms with Crippen LogP contribution in [0.4, 0.5) is 16.3 Å². The number of hydrogen-bond acceptors (Lipinski definition) is 8. The van der Waals surface area contributed by atoms with E-state index >= 15 is 0 Å². The molecule has 38 heavy (non-hydrogen) atoms. The van der Waals surface area contributed by atoms with E-state index in [2.05, 4.69) is 20.2 Å². The van der Waals surface area contributed by atoms with Crippen LogP contribution in [-0.4, -0.2) is 65.4 Å². The number of carbonyl (C=O) groups excluding carboxylic acids is 3. The average molecular weight is 514 g/mol. The molecule has 6 rings (SSSR count). The molecule has 1 fully saturated rings. The van der Waals surface area contributed by atoms with Gasteiger partial charge in [0.2, 0.25) is 5.78 Å². The molecule has 1 aromatic heterocycles. The van der Waals surface area contributed by atoms with Crippen LogP contribution in [0.25, 0.3) is 0 Å². The Morgan fingerprint density at radius 3 is 2.68 bits per heavy atom. The second-order valence-corrected chi connectivity index (χ2v) is 9.68. The van der Waals surface area contributed by atoms with Crippen molar-refractivity contribution in [2.45, 2.75) is 31.7 Å². The van der Waals surface area contributed by atoms with Gasteiger partial charge in [-0.05, 0) is 49.1 Å². The highest BCUT2D eigenvalue weighted by molar-refractivity contribution is 6.08. The Bertz CT molecular complexity index is 1430. The van der Waals surface area contributed by atoms with Crippen LogP contribution in [-0.2, 0) is 17.6 Å². The summed E-state index contributed by atoms with van der Waals surface area (Å²) in [6.07, 6.45) is 3.95. The van der Waals surface area contributed by atoms with Gasteiger partial charge in [-0.15, -0.1) is 0 Å². The number of benzene rings is 2. The minimum atomic E-state index is -0.320. The van der Waals surface area contributed by atoms with Gasteiger partial charge in [-0.1, -0.05) is 12.1 Å². The van der Waals surface area contributed by atoms with Gasteiger partial charge in [0, 0.05) is 48.6 Å². The van der Waals surface area contributed by atoms with Crippen LogP contribution in [0, 0.1) is 0 Å². The summed E-state index contributed by atoms with van der Waals surface area (Å²) in [5, 5.41) is 3.05. The molecule has 1 saturated heterocycles. The molecule has 3 aromatic rings. The zero-order valence-electron chi connectivity index (χ0n) is 21.0. The number of methoxy groups -OCH3 is 1. The second-order valence-electron chi connectivity index (χ2n) is 9.68. The fourth-order valence-electron chi connectivity index (χ4n) is 5.35. The third-order valence-corrected chi connectivity index (χ3v) is 7.44. The van der Waals surface area contributed by atoms with Crippen molar-refractivity contribution >= 4 is 29.3 Å². The van der Waals surface area contributed by atoms with Gasteiger partial charge >= 0.3 is 12.0 Å². The summed E-state index contributed by atoms with van der Waals surface area (Å²) >= 11 is 0. The molecule has 0 atom stereocenters. The molecule has 1 N–H and O–H groups in total. The molecule has 0 spiro atoms. The number of nitrogens with one attached hydrogen (secondary N) is 1. The monoisotopic (exact) mass is 513 g/mol.